The third kappa shape index (κ3) is 3.13. The number of nitrogens with one attached hydrogen (secondary N) is 1. The summed E-state index contributed by atoms with van der Waals surface area (Å²) in [6.45, 7) is 1.36. The summed E-state index contributed by atoms with van der Waals surface area (Å²) in [5.74, 6) is 0.954. The fourth-order valence-electron chi connectivity index (χ4n) is 2.66. The molecule has 0 fully saturated rings. The lowest BCUT2D eigenvalue weighted by molar-refractivity contribution is -0.114. The van der Waals surface area contributed by atoms with Crippen molar-refractivity contribution in [1.82, 2.24) is 9.97 Å². The second-order valence-electron chi connectivity index (χ2n) is 5.48. The average molecular weight is 348 g/mol. The average Bonchev–Trinajstić information content (AvgIpc) is 2.66. The van der Waals surface area contributed by atoms with Crippen LogP contribution in [0, 0.1) is 11.3 Å². The zero-order valence-corrected chi connectivity index (χ0v) is 14.5. The number of benzene rings is 1. The summed E-state index contributed by atoms with van der Waals surface area (Å²) in [6, 6.07) is 11.1. The topological polar surface area (TPSA) is 97.1 Å². The van der Waals surface area contributed by atoms with Gasteiger partial charge in [0.05, 0.1) is 19.8 Å². The number of hydrogen-bond donors (Lipinski definition) is 1. The SMILES string of the molecule is COc1ccc(-c2ccc(OC)c3nc(NC(C)=O)c(C#N)cc23)cn1. The number of methoxy groups -OCH3 is 2. The van der Waals surface area contributed by atoms with E-state index in [1.54, 1.807) is 38.6 Å². The lowest BCUT2D eigenvalue weighted by Crippen LogP contribution is -2.09. The number of pyridine rings is 2. The van der Waals surface area contributed by atoms with E-state index in [9.17, 15) is 10.1 Å². The van der Waals surface area contributed by atoms with E-state index in [4.69, 9.17) is 9.47 Å². The smallest absolute Gasteiger partial charge is 0.222 e. The van der Waals surface area contributed by atoms with E-state index in [0.29, 0.717) is 17.1 Å². The molecule has 2 aromatic heterocycles. The Morgan fingerprint density at radius 1 is 1.19 bits per heavy atom. The van der Waals surface area contributed by atoms with Crippen molar-refractivity contribution in [2.24, 2.45) is 0 Å². The first-order valence-corrected chi connectivity index (χ1v) is 7.77. The van der Waals surface area contributed by atoms with Crippen LogP contribution in [-0.4, -0.2) is 30.1 Å². The van der Waals surface area contributed by atoms with Gasteiger partial charge in [0.15, 0.2) is 5.82 Å². The summed E-state index contributed by atoms with van der Waals surface area (Å²) in [7, 11) is 3.10. The van der Waals surface area contributed by atoms with Gasteiger partial charge in [-0.15, -0.1) is 0 Å². The van der Waals surface area contributed by atoms with E-state index < -0.39 is 0 Å². The molecule has 0 unspecified atom stereocenters. The Hall–Kier alpha value is -3.66. The van der Waals surface area contributed by atoms with E-state index in [1.165, 1.54) is 6.92 Å². The lowest BCUT2D eigenvalue weighted by Gasteiger charge is -2.13. The number of amides is 1. The number of nitriles is 1. The van der Waals surface area contributed by atoms with Crippen molar-refractivity contribution in [2.75, 3.05) is 19.5 Å². The molecule has 1 amide bonds. The maximum atomic E-state index is 11.4. The predicted octanol–water partition coefficient (Wildman–Crippen LogP) is 3.14. The van der Waals surface area contributed by atoms with Crippen molar-refractivity contribution in [1.29, 1.82) is 5.26 Å². The summed E-state index contributed by atoms with van der Waals surface area (Å²) in [4.78, 5) is 20.1. The third-order valence-corrected chi connectivity index (χ3v) is 3.84. The van der Waals surface area contributed by atoms with Gasteiger partial charge in [0.1, 0.15) is 17.3 Å². The van der Waals surface area contributed by atoms with Crippen LogP contribution in [0.25, 0.3) is 22.0 Å². The number of rotatable bonds is 4. The van der Waals surface area contributed by atoms with Gasteiger partial charge < -0.3 is 14.8 Å². The van der Waals surface area contributed by atoms with Crippen LogP contribution in [0.3, 0.4) is 0 Å². The number of anilines is 1. The number of carbonyl (C=O) groups is 1. The standard InChI is InChI=1S/C19H16N4O3/c1-11(24)22-19-13(9-20)8-15-14(5-6-16(25-2)18(15)23-19)12-4-7-17(26-3)21-10-12/h4-8,10H,1-3H3,(H,22,23,24). The molecule has 0 aliphatic carbocycles. The van der Waals surface area contributed by atoms with Crippen LogP contribution in [0.2, 0.25) is 0 Å². The molecule has 0 atom stereocenters. The summed E-state index contributed by atoms with van der Waals surface area (Å²) >= 11 is 0. The Bertz CT molecular complexity index is 1020. The van der Waals surface area contributed by atoms with E-state index in [0.717, 1.165) is 16.5 Å². The van der Waals surface area contributed by atoms with Gasteiger partial charge in [-0.2, -0.15) is 5.26 Å². The maximum absolute atomic E-state index is 11.4. The lowest BCUT2D eigenvalue weighted by atomic mass is 10.00. The molecular formula is C19H16N4O3. The Morgan fingerprint density at radius 3 is 2.58 bits per heavy atom. The van der Waals surface area contributed by atoms with Gasteiger partial charge in [-0.3, -0.25) is 4.79 Å². The van der Waals surface area contributed by atoms with Crippen LogP contribution in [0.4, 0.5) is 5.82 Å². The molecule has 3 aromatic rings. The number of ether oxygens (including phenoxy) is 2. The highest BCUT2D eigenvalue weighted by molar-refractivity contribution is 6.01. The molecular weight excluding hydrogens is 332 g/mol. The molecule has 0 saturated heterocycles. The second-order valence-corrected chi connectivity index (χ2v) is 5.48. The Labute approximate surface area is 150 Å². The molecule has 0 bridgehead atoms. The van der Waals surface area contributed by atoms with Gasteiger partial charge in [0, 0.05) is 30.1 Å². The fourth-order valence-corrected chi connectivity index (χ4v) is 2.66. The minimum Gasteiger partial charge on any atom is -0.494 e. The van der Waals surface area contributed by atoms with Gasteiger partial charge in [0.2, 0.25) is 11.8 Å². The van der Waals surface area contributed by atoms with E-state index in [-0.39, 0.29) is 17.3 Å². The molecule has 0 spiro atoms. The van der Waals surface area contributed by atoms with E-state index >= 15 is 0 Å². The van der Waals surface area contributed by atoms with Gasteiger partial charge in [-0.25, -0.2) is 9.97 Å². The first kappa shape index (κ1) is 17.2. The zero-order chi connectivity index (χ0) is 18.7. The van der Waals surface area contributed by atoms with Crippen molar-refractivity contribution in [2.45, 2.75) is 6.92 Å². The van der Waals surface area contributed by atoms with Gasteiger partial charge in [-0.05, 0) is 29.8 Å². The second kappa shape index (κ2) is 7.07. The largest absolute Gasteiger partial charge is 0.494 e. The van der Waals surface area contributed by atoms with Crippen LogP contribution in [-0.2, 0) is 4.79 Å². The molecule has 0 aliphatic heterocycles. The summed E-state index contributed by atoms with van der Waals surface area (Å²) in [6.07, 6.45) is 1.69. The van der Waals surface area contributed by atoms with Crippen molar-refractivity contribution < 1.29 is 14.3 Å². The molecule has 3 rings (SSSR count). The van der Waals surface area contributed by atoms with E-state index in [2.05, 4.69) is 21.4 Å². The molecule has 1 aromatic carbocycles. The van der Waals surface area contributed by atoms with Crippen molar-refractivity contribution in [3.63, 3.8) is 0 Å². The number of nitrogens with zero attached hydrogens (tertiary/aromatic N) is 3. The first-order chi connectivity index (χ1) is 12.6. The fraction of sp³-hybridized carbons (Fsp3) is 0.158. The molecule has 1 N–H and O–H groups in total. The van der Waals surface area contributed by atoms with Crippen molar-refractivity contribution in [3.05, 3.63) is 42.1 Å². The molecule has 7 nitrogen and oxygen atoms in total. The number of hydrogen-bond acceptors (Lipinski definition) is 6. The van der Waals surface area contributed by atoms with Crippen LogP contribution in [0.15, 0.2) is 36.5 Å². The number of fused-ring (bicyclic) bond motifs is 1. The summed E-state index contributed by atoms with van der Waals surface area (Å²) in [5.41, 5.74) is 2.50. The maximum Gasteiger partial charge on any atom is 0.222 e. The zero-order valence-electron chi connectivity index (χ0n) is 14.5. The highest BCUT2D eigenvalue weighted by atomic mass is 16.5. The Balaban J connectivity index is 2.27. The van der Waals surface area contributed by atoms with Gasteiger partial charge in [-0.1, -0.05) is 0 Å². The van der Waals surface area contributed by atoms with Crippen LogP contribution >= 0.6 is 0 Å². The number of aromatic nitrogens is 2. The molecule has 2 heterocycles. The van der Waals surface area contributed by atoms with Crippen LogP contribution < -0.4 is 14.8 Å². The minimum absolute atomic E-state index is 0.204. The Kier molecular flexibility index (Phi) is 4.67. The van der Waals surface area contributed by atoms with Crippen molar-refractivity contribution >= 4 is 22.6 Å². The number of carbonyl (C=O) groups excluding carboxylic acids is 1. The van der Waals surface area contributed by atoms with Crippen molar-refractivity contribution in [3.8, 4) is 28.8 Å². The van der Waals surface area contributed by atoms with Crippen LogP contribution in [0.5, 0.6) is 11.6 Å². The van der Waals surface area contributed by atoms with Gasteiger partial charge in [0.25, 0.3) is 0 Å². The monoisotopic (exact) mass is 348 g/mol. The van der Waals surface area contributed by atoms with Crippen LogP contribution in [0.1, 0.15) is 12.5 Å². The minimum atomic E-state index is -0.303. The molecule has 7 heteroatoms. The normalized spacial score (nSPS) is 10.2. The summed E-state index contributed by atoms with van der Waals surface area (Å²) in [5, 5.41) is 12.8. The molecule has 0 radical (unpaired) electrons. The molecule has 0 saturated carbocycles. The first-order valence-electron chi connectivity index (χ1n) is 7.77. The summed E-state index contributed by atoms with van der Waals surface area (Å²) < 4.78 is 10.5. The third-order valence-electron chi connectivity index (χ3n) is 3.84. The Morgan fingerprint density at radius 2 is 2.00 bits per heavy atom. The molecule has 26 heavy (non-hydrogen) atoms. The quantitative estimate of drug-likeness (QED) is 0.778. The van der Waals surface area contributed by atoms with Gasteiger partial charge >= 0.3 is 0 Å². The molecule has 130 valence electrons. The highest BCUT2D eigenvalue weighted by Crippen LogP contribution is 2.35. The molecule has 0 aliphatic rings. The highest BCUT2D eigenvalue weighted by Gasteiger charge is 2.15. The predicted molar refractivity (Wildman–Crippen MR) is 97.1 cm³/mol. The van der Waals surface area contributed by atoms with E-state index in [1.807, 2.05) is 12.1 Å².